The van der Waals surface area contributed by atoms with Gasteiger partial charge in [0.05, 0.1) is 18.5 Å². The number of nitrogens with one attached hydrogen (secondary N) is 1. The molecule has 0 radical (unpaired) electrons. The van der Waals surface area contributed by atoms with Gasteiger partial charge in [0.25, 0.3) is 5.91 Å². The Balaban J connectivity index is 1.08. The van der Waals surface area contributed by atoms with Crippen LogP contribution in [0.2, 0.25) is 0 Å². The molecule has 0 unspecified atom stereocenters. The smallest absolute Gasteiger partial charge is 0.276 e. The molecule has 1 saturated heterocycles. The fourth-order valence-electron chi connectivity index (χ4n) is 9.80. The Morgan fingerprint density at radius 3 is 2.57 bits per heavy atom. The van der Waals surface area contributed by atoms with Gasteiger partial charge in [-0.2, -0.15) is 0 Å². The van der Waals surface area contributed by atoms with Crippen LogP contribution >= 0.6 is 0 Å². The highest BCUT2D eigenvalue weighted by atomic mass is 16.5. The molecule has 4 aromatic heterocycles. The van der Waals surface area contributed by atoms with E-state index in [0.29, 0.717) is 66.2 Å². The molecule has 1 aliphatic heterocycles. The number of ether oxygens (including phenoxy) is 1. The maximum atomic E-state index is 14.6. The summed E-state index contributed by atoms with van der Waals surface area (Å²) in [4.78, 5) is 57.1. The van der Waals surface area contributed by atoms with E-state index in [4.69, 9.17) is 14.9 Å². The third kappa shape index (κ3) is 4.44. The monoisotopic (exact) mass is 665 g/mol. The number of pyridine rings is 2. The van der Waals surface area contributed by atoms with E-state index in [2.05, 4.69) is 27.2 Å². The number of hydrogen-bond acceptors (Lipinski definition) is 10. The lowest BCUT2D eigenvalue weighted by molar-refractivity contribution is -0.176. The first-order chi connectivity index (χ1) is 23.5. The van der Waals surface area contributed by atoms with Crippen molar-refractivity contribution in [1.82, 2.24) is 44.7 Å². The third-order valence-corrected chi connectivity index (χ3v) is 12.1. The van der Waals surface area contributed by atoms with Crippen molar-refractivity contribution in [2.45, 2.75) is 88.6 Å². The van der Waals surface area contributed by atoms with Gasteiger partial charge in [-0.05, 0) is 81.6 Å². The molecular weight excluding hydrogens is 626 g/mol. The number of piperidine rings is 1. The summed E-state index contributed by atoms with van der Waals surface area (Å²) in [6.45, 7) is 4.54. The summed E-state index contributed by atoms with van der Waals surface area (Å²) in [5, 5.41) is 23.4. The number of amides is 2. The summed E-state index contributed by atoms with van der Waals surface area (Å²) in [5.41, 5.74) is 2.62. The van der Waals surface area contributed by atoms with E-state index in [9.17, 15) is 19.5 Å². The summed E-state index contributed by atoms with van der Waals surface area (Å²) in [6, 6.07) is 3.43. The van der Waals surface area contributed by atoms with Gasteiger partial charge in [-0.1, -0.05) is 6.92 Å². The first-order valence-electron chi connectivity index (χ1n) is 17.2. The molecule has 2 amide bonds. The van der Waals surface area contributed by atoms with Gasteiger partial charge in [0.15, 0.2) is 22.6 Å². The second kappa shape index (κ2) is 10.3. The number of likely N-dealkylation sites (tertiary alicyclic amines) is 1. The van der Waals surface area contributed by atoms with E-state index in [1.165, 1.54) is 31.1 Å². The van der Waals surface area contributed by atoms with E-state index in [1.54, 1.807) is 30.2 Å². The van der Waals surface area contributed by atoms with Crippen molar-refractivity contribution in [3.8, 4) is 17.3 Å². The van der Waals surface area contributed by atoms with Crippen LogP contribution in [0.15, 0.2) is 29.5 Å². The summed E-state index contributed by atoms with van der Waals surface area (Å²) in [5.74, 6) is 0.538. The van der Waals surface area contributed by atoms with Crippen molar-refractivity contribution in [3.05, 3.63) is 57.5 Å². The van der Waals surface area contributed by atoms with Crippen molar-refractivity contribution in [2.75, 3.05) is 20.2 Å². The van der Waals surface area contributed by atoms with Gasteiger partial charge in [0.1, 0.15) is 12.9 Å². The molecule has 5 heterocycles. The molecular formula is C35H39N9O5. The number of aryl methyl sites for hydroxylation is 1. The van der Waals surface area contributed by atoms with Gasteiger partial charge in [-0.25, -0.2) is 15.0 Å². The molecule has 49 heavy (non-hydrogen) atoms. The van der Waals surface area contributed by atoms with Crippen molar-refractivity contribution >= 4 is 23.0 Å². The van der Waals surface area contributed by atoms with Crippen LogP contribution in [0.4, 0.5) is 0 Å². The minimum absolute atomic E-state index is 0.0187. The Labute approximate surface area is 281 Å². The lowest BCUT2D eigenvalue weighted by Gasteiger charge is -2.71. The second-order valence-electron chi connectivity index (χ2n) is 15.2. The zero-order valence-corrected chi connectivity index (χ0v) is 27.9. The number of aromatic nitrogens is 7. The summed E-state index contributed by atoms with van der Waals surface area (Å²) in [7, 11) is 1.53. The molecule has 4 saturated carbocycles. The largest absolute Gasteiger partial charge is 0.504 e. The predicted molar refractivity (Wildman–Crippen MR) is 176 cm³/mol. The van der Waals surface area contributed by atoms with Crippen LogP contribution in [0.5, 0.6) is 11.6 Å². The molecule has 6 aliphatic rings. The first kappa shape index (κ1) is 30.2. The molecule has 2 N–H and O–H groups in total. The summed E-state index contributed by atoms with van der Waals surface area (Å²) < 4.78 is 7.23. The summed E-state index contributed by atoms with van der Waals surface area (Å²) >= 11 is 0. The van der Waals surface area contributed by atoms with Crippen LogP contribution in [-0.4, -0.2) is 82.1 Å². The van der Waals surface area contributed by atoms with Crippen molar-refractivity contribution in [3.63, 3.8) is 0 Å². The van der Waals surface area contributed by atoms with E-state index in [1.807, 2.05) is 4.57 Å². The average molecular weight is 666 g/mol. The molecule has 14 heteroatoms. The highest BCUT2D eigenvalue weighted by Crippen LogP contribution is 2.75. The Morgan fingerprint density at radius 1 is 1.10 bits per heavy atom. The maximum Gasteiger partial charge on any atom is 0.276 e. The Hall–Kier alpha value is -4.88. The van der Waals surface area contributed by atoms with E-state index in [-0.39, 0.29) is 52.2 Å². The van der Waals surface area contributed by atoms with Crippen LogP contribution in [0.1, 0.15) is 91.6 Å². The quantitative estimate of drug-likeness (QED) is 0.299. The van der Waals surface area contributed by atoms with E-state index >= 15 is 0 Å². The lowest BCUT2D eigenvalue weighted by Crippen LogP contribution is -2.75. The first-order valence-corrected chi connectivity index (χ1v) is 17.2. The van der Waals surface area contributed by atoms with Crippen LogP contribution in [0, 0.1) is 18.3 Å². The number of rotatable bonds is 7. The van der Waals surface area contributed by atoms with Gasteiger partial charge in [0, 0.05) is 47.6 Å². The number of aromatic hydroxyl groups is 1. The Bertz CT molecular complexity index is 2110. The normalized spacial score (nSPS) is 26.3. The molecule has 254 valence electrons. The number of hydrogen-bond donors (Lipinski definition) is 2. The minimum atomic E-state index is -0.507. The van der Waals surface area contributed by atoms with Gasteiger partial charge >= 0.3 is 0 Å². The molecule has 0 aromatic carbocycles. The van der Waals surface area contributed by atoms with Crippen molar-refractivity contribution < 1.29 is 19.4 Å². The fraction of sp³-hybridized carbons (Fsp3) is 0.543. The van der Waals surface area contributed by atoms with Gasteiger partial charge in [-0.15, -0.1) is 15.0 Å². The van der Waals surface area contributed by atoms with Gasteiger partial charge in [-0.3, -0.25) is 14.4 Å². The van der Waals surface area contributed by atoms with Crippen LogP contribution in [0.25, 0.3) is 16.9 Å². The van der Waals surface area contributed by atoms with Crippen LogP contribution in [-0.2, 0) is 16.8 Å². The number of carbonyl (C=O) groups excluding carboxylic acids is 2. The average Bonchev–Trinajstić information content (AvgIpc) is 3.73. The molecule has 4 aromatic rings. The number of fused-ring (bicyclic) bond motifs is 3. The minimum Gasteiger partial charge on any atom is -0.504 e. The van der Waals surface area contributed by atoms with Gasteiger partial charge in [0.2, 0.25) is 17.2 Å². The Morgan fingerprint density at radius 2 is 1.86 bits per heavy atom. The molecule has 5 aliphatic carbocycles. The lowest BCUT2D eigenvalue weighted by atomic mass is 9.37. The number of nitrogens with zero attached hydrogens (tertiary/aromatic N) is 8. The molecule has 1 atom stereocenters. The van der Waals surface area contributed by atoms with Crippen molar-refractivity contribution in [1.29, 1.82) is 0 Å². The van der Waals surface area contributed by atoms with Crippen LogP contribution in [0.3, 0.4) is 0 Å². The molecule has 14 nitrogen and oxygen atoms in total. The predicted octanol–water partition coefficient (Wildman–Crippen LogP) is 2.92. The zero-order chi connectivity index (χ0) is 33.9. The number of methoxy groups -OCH3 is 1. The Kier molecular flexibility index (Phi) is 6.36. The van der Waals surface area contributed by atoms with Crippen LogP contribution < -0.4 is 15.5 Å². The van der Waals surface area contributed by atoms with E-state index in [0.717, 1.165) is 30.9 Å². The standard InChI is InChI=1S/C35H39N9O5/c1-19-13-33(7-10-42(11-8-33)32(48)27-29(46)20(2)37-18-38-27)25-28(19)43(14-23(45)39-35-15-34(16-35,17-35)21-4-5-21)31-26(30(25)47)40-44(41-31)22-6-9-36-24(12-22)49-3/h6,9,12,18-19,21,46H,4-5,7-8,10-11,13-17H2,1-3H3,(H,39,45)/t19-,34?,35?/m1/s1. The number of carbonyl (C=O) groups is 2. The summed E-state index contributed by atoms with van der Waals surface area (Å²) in [6.07, 6.45) is 10.5. The zero-order valence-electron chi connectivity index (χ0n) is 27.9. The third-order valence-electron chi connectivity index (χ3n) is 12.1. The molecule has 5 fully saturated rings. The maximum absolute atomic E-state index is 14.6. The molecule has 1 spiro atoms. The van der Waals surface area contributed by atoms with E-state index < -0.39 is 5.41 Å². The highest BCUT2D eigenvalue weighted by Gasteiger charge is 2.72. The molecule has 10 rings (SSSR count). The van der Waals surface area contributed by atoms with Gasteiger partial charge < -0.3 is 24.6 Å². The topological polar surface area (TPSA) is 170 Å². The molecule has 2 bridgehead atoms. The fourth-order valence-corrected chi connectivity index (χ4v) is 9.80. The highest BCUT2D eigenvalue weighted by molar-refractivity contribution is 5.95. The second-order valence-corrected chi connectivity index (χ2v) is 15.2. The van der Waals surface area contributed by atoms with Crippen molar-refractivity contribution in [2.24, 2.45) is 11.3 Å². The SMILES string of the molecule is COc1cc(-n2nc3c(=O)c4c(n(CC(=O)NC56CC(C7CC7)(C5)C6)c3n2)[C@H](C)CC42CCN(C(=O)c3ncnc(C)c3O)CC2)ccn1.